The number of hydrogen-bond donors (Lipinski definition) is 2. The first-order valence-electron chi connectivity index (χ1n) is 10.1. The lowest BCUT2D eigenvalue weighted by atomic mass is 10.1. The van der Waals surface area contributed by atoms with Gasteiger partial charge in [0.1, 0.15) is 17.4 Å². The first kappa shape index (κ1) is 22.3. The minimum atomic E-state index is -0.458. The first-order chi connectivity index (χ1) is 15.5. The van der Waals surface area contributed by atoms with E-state index < -0.39 is 5.91 Å². The molecule has 0 spiro atoms. The molecule has 160 valence electrons. The summed E-state index contributed by atoms with van der Waals surface area (Å²) in [7, 11) is 0. The van der Waals surface area contributed by atoms with Gasteiger partial charge in [-0.05, 0) is 54.0 Å². The fourth-order valence-electron chi connectivity index (χ4n) is 2.95. The smallest absolute Gasteiger partial charge is 0.262 e. The van der Waals surface area contributed by atoms with E-state index in [1.165, 1.54) is 6.08 Å². The van der Waals surface area contributed by atoms with Crippen LogP contribution in [0.5, 0.6) is 5.75 Å². The van der Waals surface area contributed by atoms with Crippen LogP contribution in [0, 0.1) is 18.3 Å². The highest BCUT2D eigenvalue weighted by Crippen LogP contribution is 2.16. The molecule has 0 atom stereocenters. The minimum absolute atomic E-state index is 0.0183. The first-order valence-corrected chi connectivity index (χ1v) is 10.1. The van der Waals surface area contributed by atoms with Crippen molar-refractivity contribution in [2.24, 2.45) is 0 Å². The summed E-state index contributed by atoms with van der Waals surface area (Å²) in [5.74, 6) is -0.283. The van der Waals surface area contributed by atoms with E-state index in [4.69, 9.17) is 4.74 Å². The molecule has 2 amide bonds. The third-order valence-corrected chi connectivity index (χ3v) is 4.50. The highest BCUT2D eigenvalue weighted by molar-refractivity contribution is 6.01. The predicted molar refractivity (Wildman–Crippen MR) is 124 cm³/mol. The van der Waals surface area contributed by atoms with Gasteiger partial charge in [-0.3, -0.25) is 9.59 Å². The molecule has 0 heterocycles. The van der Waals surface area contributed by atoms with Gasteiger partial charge in [0.15, 0.2) is 6.61 Å². The van der Waals surface area contributed by atoms with Crippen molar-refractivity contribution in [3.63, 3.8) is 0 Å². The van der Waals surface area contributed by atoms with Crippen molar-refractivity contribution >= 4 is 23.6 Å². The SMILES string of the molecule is Cc1cccc(NC(=O)COc2cccc(/C=C(\C#N)C(=O)NCc3ccccc3)c2)c1. The van der Waals surface area contributed by atoms with Gasteiger partial charge in [-0.1, -0.05) is 54.6 Å². The van der Waals surface area contributed by atoms with Gasteiger partial charge >= 0.3 is 0 Å². The number of amides is 2. The fraction of sp³-hybridized carbons (Fsp3) is 0.115. The molecule has 0 aliphatic carbocycles. The summed E-state index contributed by atoms with van der Waals surface area (Å²) in [4.78, 5) is 24.5. The maximum Gasteiger partial charge on any atom is 0.262 e. The molecule has 3 aromatic carbocycles. The predicted octanol–water partition coefficient (Wildman–Crippen LogP) is 4.24. The summed E-state index contributed by atoms with van der Waals surface area (Å²) in [6.45, 7) is 2.12. The molecular weight excluding hydrogens is 402 g/mol. The Bertz CT molecular complexity index is 1160. The number of nitrogens with one attached hydrogen (secondary N) is 2. The maximum atomic E-state index is 12.4. The lowest BCUT2D eigenvalue weighted by Crippen LogP contribution is -2.23. The van der Waals surface area contributed by atoms with Crippen LogP contribution in [0.4, 0.5) is 5.69 Å². The largest absolute Gasteiger partial charge is 0.484 e. The van der Waals surface area contributed by atoms with Crippen molar-refractivity contribution in [1.29, 1.82) is 5.26 Å². The van der Waals surface area contributed by atoms with Crippen molar-refractivity contribution in [3.05, 3.63) is 101 Å². The molecule has 6 heteroatoms. The van der Waals surface area contributed by atoms with Crippen LogP contribution in [0.25, 0.3) is 6.08 Å². The molecule has 0 radical (unpaired) electrons. The summed E-state index contributed by atoms with van der Waals surface area (Å²) in [6.07, 6.45) is 1.49. The second kappa shape index (κ2) is 11.1. The second-order valence-corrected chi connectivity index (χ2v) is 7.12. The number of rotatable bonds is 8. The molecule has 0 aromatic heterocycles. The minimum Gasteiger partial charge on any atom is -0.484 e. The van der Waals surface area contributed by atoms with Gasteiger partial charge in [0.25, 0.3) is 11.8 Å². The Labute approximate surface area is 187 Å². The quantitative estimate of drug-likeness (QED) is 0.417. The summed E-state index contributed by atoms with van der Waals surface area (Å²) in [5, 5.41) is 14.9. The number of carbonyl (C=O) groups excluding carboxylic acids is 2. The Kier molecular flexibility index (Phi) is 7.77. The van der Waals surface area contributed by atoms with Crippen molar-refractivity contribution in [1.82, 2.24) is 5.32 Å². The third-order valence-electron chi connectivity index (χ3n) is 4.50. The Morgan fingerprint density at radius 3 is 2.53 bits per heavy atom. The van der Waals surface area contributed by atoms with E-state index in [1.54, 1.807) is 24.3 Å². The molecule has 0 unspecified atom stereocenters. The molecule has 0 saturated carbocycles. The van der Waals surface area contributed by atoms with Crippen LogP contribution in [0.15, 0.2) is 84.4 Å². The van der Waals surface area contributed by atoms with Gasteiger partial charge in [0.05, 0.1) is 0 Å². The van der Waals surface area contributed by atoms with E-state index >= 15 is 0 Å². The molecule has 0 bridgehead atoms. The summed E-state index contributed by atoms with van der Waals surface area (Å²) in [6, 6.07) is 25.7. The molecule has 32 heavy (non-hydrogen) atoms. The van der Waals surface area contributed by atoms with Crippen LogP contribution in [-0.2, 0) is 16.1 Å². The highest BCUT2D eigenvalue weighted by atomic mass is 16.5. The Hall–Kier alpha value is -4.37. The molecule has 0 aliphatic rings. The number of carbonyl (C=O) groups is 2. The van der Waals surface area contributed by atoms with Crippen molar-refractivity contribution in [2.75, 3.05) is 11.9 Å². The van der Waals surface area contributed by atoms with E-state index in [0.717, 1.165) is 11.1 Å². The van der Waals surface area contributed by atoms with Gasteiger partial charge in [0.2, 0.25) is 0 Å². The van der Waals surface area contributed by atoms with E-state index in [0.29, 0.717) is 23.5 Å². The molecule has 0 saturated heterocycles. The molecular formula is C26H23N3O3. The molecule has 6 nitrogen and oxygen atoms in total. The Balaban J connectivity index is 1.58. The van der Waals surface area contributed by atoms with Gasteiger partial charge in [-0.2, -0.15) is 5.26 Å². The monoisotopic (exact) mass is 425 g/mol. The van der Waals surface area contributed by atoms with Gasteiger partial charge in [0, 0.05) is 12.2 Å². The molecule has 0 fully saturated rings. The van der Waals surface area contributed by atoms with E-state index in [1.807, 2.05) is 67.6 Å². The van der Waals surface area contributed by atoms with Crippen LogP contribution in [0.3, 0.4) is 0 Å². The number of anilines is 1. The van der Waals surface area contributed by atoms with Crippen molar-refractivity contribution < 1.29 is 14.3 Å². The van der Waals surface area contributed by atoms with Gasteiger partial charge in [-0.15, -0.1) is 0 Å². The molecule has 3 rings (SSSR count). The lowest BCUT2D eigenvalue weighted by molar-refractivity contribution is -0.118. The summed E-state index contributed by atoms with van der Waals surface area (Å²) >= 11 is 0. The third kappa shape index (κ3) is 6.85. The number of aryl methyl sites for hydroxylation is 1. The maximum absolute atomic E-state index is 12.4. The van der Waals surface area contributed by atoms with Gasteiger partial charge < -0.3 is 15.4 Å². The number of ether oxygens (including phenoxy) is 1. The number of benzene rings is 3. The molecule has 2 N–H and O–H groups in total. The fourth-order valence-corrected chi connectivity index (χ4v) is 2.95. The number of nitrogens with zero attached hydrogens (tertiary/aromatic N) is 1. The van der Waals surface area contributed by atoms with E-state index in [-0.39, 0.29) is 18.1 Å². The second-order valence-electron chi connectivity index (χ2n) is 7.12. The standard InChI is InChI=1S/C26H23N3O3/c1-19-7-5-11-23(13-19)29-25(30)18-32-24-12-6-10-21(15-24)14-22(16-27)26(31)28-17-20-8-3-2-4-9-20/h2-15H,17-18H2,1H3,(H,28,31)(H,29,30)/b22-14+. The normalized spacial score (nSPS) is 10.7. The highest BCUT2D eigenvalue weighted by Gasteiger charge is 2.09. The summed E-state index contributed by atoms with van der Waals surface area (Å²) < 4.78 is 5.57. The van der Waals surface area contributed by atoms with Crippen LogP contribution < -0.4 is 15.4 Å². The number of hydrogen-bond acceptors (Lipinski definition) is 4. The Morgan fingerprint density at radius 2 is 1.78 bits per heavy atom. The lowest BCUT2D eigenvalue weighted by Gasteiger charge is -2.09. The molecule has 0 aliphatic heterocycles. The topological polar surface area (TPSA) is 91.2 Å². The van der Waals surface area contributed by atoms with Crippen LogP contribution in [-0.4, -0.2) is 18.4 Å². The van der Waals surface area contributed by atoms with Crippen molar-refractivity contribution in [2.45, 2.75) is 13.5 Å². The molecule has 3 aromatic rings. The van der Waals surface area contributed by atoms with E-state index in [2.05, 4.69) is 10.6 Å². The average Bonchev–Trinajstić information content (AvgIpc) is 2.80. The average molecular weight is 425 g/mol. The zero-order valence-corrected chi connectivity index (χ0v) is 17.7. The zero-order valence-electron chi connectivity index (χ0n) is 17.7. The van der Waals surface area contributed by atoms with Crippen LogP contribution >= 0.6 is 0 Å². The van der Waals surface area contributed by atoms with Crippen molar-refractivity contribution in [3.8, 4) is 11.8 Å². The van der Waals surface area contributed by atoms with Gasteiger partial charge in [-0.25, -0.2) is 0 Å². The zero-order chi connectivity index (χ0) is 22.8. The van der Waals surface area contributed by atoms with Crippen LogP contribution in [0.2, 0.25) is 0 Å². The van der Waals surface area contributed by atoms with E-state index in [9.17, 15) is 14.9 Å². The number of nitriles is 1. The summed E-state index contributed by atoms with van der Waals surface area (Å²) in [5.41, 5.74) is 3.29. The van der Waals surface area contributed by atoms with Crippen LogP contribution in [0.1, 0.15) is 16.7 Å². The Morgan fingerprint density at radius 1 is 1.00 bits per heavy atom.